The molecule has 1 unspecified atom stereocenters. The van der Waals surface area contributed by atoms with Gasteiger partial charge in [0.25, 0.3) is 0 Å². The number of nitrogens with one attached hydrogen (secondary N) is 1. The van der Waals surface area contributed by atoms with Crippen molar-refractivity contribution >= 4 is 5.91 Å². The van der Waals surface area contributed by atoms with Gasteiger partial charge in [0.15, 0.2) is 0 Å². The minimum Gasteiger partial charge on any atom is -0.355 e. The van der Waals surface area contributed by atoms with Crippen LogP contribution in [0.1, 0.15) is 61.5 Å². The van der Waals surface area contributed by atoms with Gasteiger partial charge in [-0.25, -0.2) is 9.97 Å². The maximum atomic E-state index is 12.6. The molecule has 160 valence electrons. The van der Waals surface area contributed by atoms with Crippen molar-refractivity contribution in [2.45, 2.75) is 51.4 Å². The van der Waals surface area contributed by atoms with Crippen molar-refractivity contribution in [2.75, 3.05) is 6.54 Å². The van der Waals surface area contributed by atoms with Gasteiger partial charge in [-0.3, -0.25) is 9.78 Å². The zero-order chi connectivity index (χ0) is 21.6. The Labute approximate surface area is 184 Å². The van der Waals surface area contributed by atoms with E-state index < -0.39 is 0 Å². The zero-order valence-corrected chi connectivity index (χ0v) is 18.3. The smallest absolute Gasteiger partial charge is 0.227 e. The van der Waals surface area contributed by atoms with E-state index in [-0.39, 0.29) is 11.8 Å². The first kappa shape index (κ1) is 21.2. The lowest BCUT2D eigenvalue weighted by atomic mass is 9.79. The normalized spacial score (nSPS) is 19.5. The van der Waals surface area contributed by atoms with E-state index in [1.165, 1.54) is 0 Å². The Bertz CT molecular complexity index is 998. The molecule has 5 nitrogen and oxygen atoms in total. The van der Waals surface area contributed by atoms with E-state index >= 15 is 0 Å². The van der Waals surface area contributed by atoms with Gasteiger partial charge < -0.3 is 5.32 Å². The molecule has 0 radical (unpaired) electrons. The van der Waals surface area contributed by atoms with Crippen molar-refractivity contribution in [3.8, 4) is 11.1 Å². The van der Waals surface area contributed by atoms with Crippen molar-refractivity contribution in [1.29, 1.82) is 0 Å². The molecule has 2 heterocycles. The van der Waals surface area contributed by atoms with Crippen LogP contribution in [0.25, 0.3) is 11.1 Å². The van der Waals surface area contributed by atoms with Crippen LogP contribution >= 0.6 is 0 Å². The van der Waals surface area contributed by atoms with E-state index in [0.29, 0.717) is 11.8 Å². The van der Waals surface area contributed by atoms with Gasteiger partial charge in [-0.1, -0.05) is 30.3 Å². The molecule has 0 spiro atoms. The summed E-state index contributed by atoms with van der Waals surface area (Å²) < 4.78 is 0. The van der Waals surface area contributed by atoms with Crippen LogP contribution in [0.3, 0.4) is 0 Å². The molecule has 1 aliphatic carbocycles. The van der Waals surface area contributed by atoms with Crippen LogP contribution in [0.15, 0.2) is 61.1 Å². The molecular weight excluding hydrogens is 384 g/mol. The van der Waals surface area contributed by atoms with Crippen molar-refractivity contribution in [3.05, 3.63) is 78.1 Å². The summed E-state index contributed by atoms with van der Waals surface area (Å²) in [7, 11) is 0. The molecule has 1 N–H and O–H groups in total. The molecule has 1 atom stereocenters. The molecule has 1 aromatic carbocycles. The molecule has 1 saturated carbocycles. The third-order valence-corrected chi connectivity index (χ3v) is 6.42. The van der Waals surface area contributed by atoms with Gasteiger partial charge in [0.1, 0.15) is 5.82 Å². The maximum Gasteiger partial charge on any atom is 0.227 e. The molecule has 0 saturated heterocycles. The number of rotatable bonds is 6. The Balaban J connectivity index is 1.35. The average molecular weight is 415 g/mol. The number of hydrogen-bond donors (Lipinski definition) is 1. The van der Waals surface area contributed by atoms with E-state index in [0.717, 1.165) is 60.4 Å². The molecule has 0 aliphatic heterocycles. The molecular formula is C26H30N4O. The van der Waals surface area contributed by atoms with Crippen molar-refractivity contribution < 1.29 is 4.79 Å². The van der Waals surface area contributed by atoms with Gasteiger partial charge in [0.05, 0.1) is 11.6 Å². The fourth-order valence-electron chi connectivity index (χ4n) is 4.48. The predicted octanol–water partition coefficient (Wildman–Crippen LogP) is 5.04. The number of aryl methyl sites for hydroxylation is 1. The van der Waals surface area contributed by atoms with E-state index in [1.807, 2.05) is 74.9 Å². The fraction of sp³-hybridized carbons (Fsp3) is 0.385. The zero-order valence-electron chi connectivity index (χ0n) is 18.3. The van der Waals surface area contributed by atoms with E-state index in [1.54, 1.807) is 0 Å². The Morgan fingerprint density at radius 3 is 2.48 bits per heavy atom. The van der Waals surface area contributed by atoms with Crippen LogP contribution in [-0.4, -0.2) is 27.4 Å². The van der Waals surface area contributed by atoms with Crippen LogP contribution in [0.5, 0.6) is 0 Å². The summed E-state index contributed by atoms with van der Waals surface area (Å²) in [6.07, 6.45) is 9.95. The van der Waals surface area contributed by atoms with E-state index in [9.17, 15) is 4.79 Å². The topological polar surface area (TPSA) is 67.8 Å². The van der Waals surface area contributed by atoms with Crippen LogP contribution in [0, 0.1) is 12.8 Å². The summed E-state index contributed by atoms with van der Waals surface area (Å²) in [4.78, 5) is 26.0. The standard InChI is InChI=1S/C26H30N4O/c1-18(21-6-4-3-5-7-21)26(31)29-16-20-8-10-23(11-9-20)25-24(17-28-19(2)30-25)22-12-14-27-15-13-22/h3-7,12-15,17-18,20,23H,8-11,16H2,1-2H3,(H,29,31). The van der Waals surface area contributed by atoms with Crippen LogP contribution in [0.2, 0.25) is 0 Å². The molecule has 31 heavy (non-hydrogen) atoms. The second-order valence-corrected chi connectivity index (χ2v) is 8.55. The summed E-state index contributed by atoms with van der Waals surface area (Å²) in [6, 6.07) is 14.0. The SMILES string of the molecule is Cc1ncc(-c2ccncc2)c(C2CCC(CNC(=O)C(C)c3ccccc3)CC2)n1. The lowest BCUT2D eigenvalue weighted by molar-refractivity contribution is -0.122. The third-order valence-electron chi connectivity index (χ3n) is 6.42. The van der Waals surface area contributed by atoms with Crippen molar-refractivity contribution in [1.82, 2.24) is 20.3 Å². The molecule has 1 amide bonds. The Hall–Kier alpha value is -3.08. The molecule has 1 aliphatic rings. The maximum absolute atomic E-state index is 12.6. The number of carbonyl (C=O) groups is 1. The van der Waals surface area contributed by atoms with E-state index in [4.69, 9.17) is 4.98 Å². The van der Waals surface area contributed by atoms with Gasteiger partial charge in [0.2, 0.25) is 5.91 Å². The molecule has 1 fully saturated rings. The second kappa shape index (κ2) is 9.82. The highest BCUT2D eigenvalue weighted by Crippen LogP contribution is 2.38. The van der Waals surface area contributed by atoms with Gasteiger partial charge in [-0.05, 0) is 68.7 Å². The summed E-state index contributed by atoms with van der Waals surface area (Å²) in [5.41, 5.74) is 4.45. The second-order valence-electron chi connectivity index (χ2n) is 8.55. The van der Waals surface area contributed by atoms with Crippen molar-refractivity contribution in [2.24, 2.45) is 5.92 Å². The molecule has 4 rings (SSSR count). The first-order valence-corrected chi connectivity index (χ1v) is 11.2. The highest BCUT2D eigenvalue weighted by atomic mass is 16.1. The largest absolute Gasteiger partial charge is 0.355 e. The number of carbonyl (C=O) groups excluding carboxylic acids is 1. The van der Waals surface area contributed by atoms with Crippen molar-refractivity contribution in [3.63, 3.8) is 0 Å². The van der Waals surface area contributed by atoms with Crippen LogP contribution in [0.4, 0.5) is 0 Å². The molecule has 0 bridgehead atoms. The quantitative estimate of drug-likeness (QED) is 0.613. The highest BCUT2D eigenvalue weighted by Gasteiger charge is 2.26. The van der Waals surface area contributed by atoms with Gasteiger partial charge in [-0.2, -0.15) is 0 Å². The lowest BCUT2D eigenvalue weighted by Gasteiger charge is -2.29. The summed E-state index contributed by atoms with van der Waals surface area (Å²) in [6.45, 7) is 4.68. The minimum absolute atomic E-state index is 0.111. The Morgan fingerprint density at radius 1 is 1.06 bits per heavy atom. The summed E-state index contributed by atoms with van der Waals surface area (Å²) >= 11 is 0. The van der Waals surface area contributed by atoms with Gasteiger partial charge in [0, 0.05) is 36.6 Å². The third kappa shape index (κ3) is 5.16. The summed E-state index contributed by atoms with van der Waals surface area (Å²) in [5.74, 6) is 1.76. The first-order valence-electron chi connectivity index (χ1n) is 11.2. The number of hydrogen-bond acceptors (Lipinski definition) is 4. The molecule has 3 aromatic rings. The Morgan fingerprint density at radius 2 is 1.77 bits per heavy atom. The number of nitrogens with zero attached hydrogens (tertiary/aromatic N) is 3. The number of amides is 1. The average Bonchev–Trinajstić information content (AvgIpc) is 2.83. The predicted molar refractivity (Wildman–Crippen MR) is 123 cm³/mol. The first-order chi connectivity index (χ1) is 15.1. The molecule has 2 aromatic heterocycles. The fourth-order valence-corrected chi connectivity index (χ4v) is 4.48. The van der Waals surface area contributed by atoms with E-state index in [2.05, 4.69) is 15.3 Å². The monoisotopic (exact) mass is 414 g/mol. The van der Waals surface area contributed by atoms with Crippen LogP contribution < -0.4 is 5.32 Å². The minimum atomic E-state index is -0.121. The summed E-state index contributed by atoms with van der Waals surface area (Å²) in [5, 5.41) is 3.18. The number of aromatic nitrogens is 3. The Kier molecular flexibility index (Phi) is 6.70. The highest BCUT2D eigenvalue weighted by molar-refractivity contribution is 5.83. The van der Waals surface area contributed by atoms with Crippen LogP contribution in [-0.2, 0) is 4.79 Å². The molecule has 5 heteroatoms. The van der Waals surface area contributed by atoms with Gasteiger partial charge in [-0.15, -0.1) is 0 Å². The number of pyridine rings is 1. The lowest BCUT2D eigenvalue weighted by Crippen LogP contribution is -2.33. The number of benzene rings is 1. The van der Waals surface area contributed by atoms with Gasteiger partial charge >= 0.3 is 0 Å².